The highest BCUT2D eigenvalue weighted by atomic mass is 79.9. The van der Waals surface area contributed by atoms with E-state index in [1.807, 2.05) is 19.1 Å². The number of aromatic hydroxyl groups is 1. The predicted octanol–water partition coefficient (Wildman–Crippen LogP) is 3.51. The van der Waals surface area contributed by atoms with Crippen LogP contribution in [0.15, 0.2) is 34.8 Å². The SMILES string of the molecule is Cc1cc(Br)ccc1Nc1nc(O)ccc1[N+](=O)[O-]. The zero-order valence-corrected chi connectivity index (χ0v) is 11.5. The first-order chi connectivity index (χ1) is 8.97. The van der Waals surface area contributed by atoms with Crippen LogP contribution in [-0.4, -0.2) is 15.0 Å². The average Bonchev–Trinajstić information content (AvgIpc) is 2.32. The molecular formula is C12H10BrN3O3. The van der Waals surface area contributed by atoms with E-state index in [0.717, 1.165) is 10.0 Å². The van der Waals surface area contributed by atoms with Crippen LogP contribution in [0.4, 0.5) is 17.2 Å². The van der Waals surface area contributed by atoms with Gasteiger partial charge in [-0.25, -0.2) is 0 Å². The molecule has 1 aromatic carbocycles. The smallest absolute Gasteiger partial charge is 0.311 e. The molecule has 0 aliphatic carbocycles. The number of halogens is 1. The van der Waals surface area contributed by atoms with Crippen molar-refractivity contribution in [1.29, 1.82) is 0 Å². The Kier molecular flexibility index (Phi) is 3.66. The van der Waals surface area contributed by atoms with E-state index in [-0.39, 0.29) is 17.4 Å². The molecule has 0 amide bonds. The lowest BCUT2D eigenvalue weighted by Crippen LogP contribution is -2.00. The van der Waals surface area contributed by atoms with Crippen molar-refractivity contribution in [3.05, 3.63) is 50.5 Å². The Morgan fingerprint density at radius 1 is 1.37 bits per heavy atom. The maximum absolute atomic E-state index is 10.9. The molecule has 2 N–H and O–H groups in total. The van der Waals surface area contributed by atoms with Crippen LogP contribution in [0.2, 0.25) is 0 Å². The van der Waals surface area contributed by atoms with Gasteiger partial charge in [-0.2, -0.15) is 4.98 Å². The molecule has 19 heavy (non-hydrogen) atoms. The van der Waals surface area contributed by atoms with Gasteiger partial charge in [0.05, 0.1) is 4.92 Å². The first kappa shape index (κ1) is 13.3. The topological polar surface area (TPSA) is 88.3 Å². The molecule has 7 heteroatoms. The number of hydrogen-bond acceptors (Lipinski definition) is 5. The Balaban J connectivity index is 2.42. The number of aromatic nitrogens is 1. The highest BCUT2D eigenvalue weighted by Gasteiger charge is 2.16. The van der Waals surface area contributed by atoms with Crippen molar-refractivity contribution in [3.8, 4) is 5.88 Å². The maximum atomic E-state index is 10.9. The van der Waals surface area contributed by atoms with E-state index in [1.54, 1.807) is 6.07 Å². The summed E-state index contributed by atoms with van der Waals surface area (Å²) in [6.07, 6.45) is 0. The lowest BCUT2D eigenvalue weighted by Gasteiger charge is -2.09. The molecule has 0 atom stereocenters. The van der Waals surface area contributed by atoms with Gasteiger partial charge in [0.15, 0.2) is 0 Å². The number of hydrogen-bond donors (Lipinski definition) is 2. The molecule has 2 rings (SSSR count). The molecule has 0 saturated carbocycles. The first-order valence-corrected chi connectivity index (χ1v) is 6.14. The first-order valence-electron chi connectivity index (χ1n) is 5.35. The maximum Gasteiger partial charge on any atom is 0.311 e. The fourth-order valence-electron chi connectivity index (χ4n) is 1.58. The number of aryl methyl sites for hydroxylation is 1. The fourth-order valence-corrected chi connectivity index (χ4v) is 2.05. The van der Waals surface area contributed by atoms with Crippen molar-refractivity contribution in [2.45, 2.75) is 6.92 Å². The van der Waals surface area contributed by atoms with Gasteiger partial charge < -0.3 is 10.4 Å². The van der Waals surface area contributed by atoms with Gasteiger partial charge in [-0.05, 0) is 30.7 Å². The number of nitrogens with one attached hydrogen (secondary N) is 1. The van der Waals surface area contributed by atoms with E-state index in [4.69, 9.17) is 0 Å². The molecular weight excluding hydrogens is 314 g/mol. The van der Waals surface area contributed by atoms with Crippen molar-refractivity contribution >= 4 is 33.1 Å². The summed E-state index contributed by atoms with van der Waals surface area (Å²) in [5.41, 5.74) is 1.39. The lowest BCUT2D eigenvalue weighted by atomic mass is 10.2. The van der Waals surface area contributed by atoms with Crippen LogP contribution in [0.5, 0.6) is 5.88 Å². The van der Waals surface area contributed by atoms with Crippen LogP contribution in [0.25, 0.3) is 0 Å². The molecule has 0 fully saturated rings. The molecule has 0 unspecified atom stereocenters. The minimum atomic E-state index is -0.553. The van der Waals surface area contributed by atoms with Crippen LogP contribution in [0, 0.1) is 17.0 Å². The van der Waals surface area contributed by atoms with E-state index in [9.17, 15) is 15.2 Å². The monoisotopic (exact) mass is 323 g/mol. The summed E-state index contributed by atoms with van der Waals surface area (Å²) in [4.78, 5) is 14.1. The number of pyridine rings is 1. The molecule has 2 aromatic rings. The third-order valence-corrected chi connectivity index (χ3v) is 2.99. The summed E-state index contributed by atoms with van der Waals surface area (Å²) < 4.78 is 0.911. The quantitative estimate of drug-likeness (QED) is 0.666. The molecule has 0 spiro atoms. The molecule has 1 aromatic heterocycles. The molecule has 6 nitrogen and oxygen atoms in total. The standard InChI is InChI=1S/C12H10BrN3O3/c1-7-6-8(13)2-3-9(7)14-12-10(16(18)19)4-5-11(17)15-12/h2-6H,1H3,(H2,14,15,17). The van der Waals surface area contributed by atoms with E-state index in [2.05, 4.69) is 26.2 Å². The van der Waals surface area contributed by atoms with E-state index < -0.39 is 4.92 Å². The molecule has 1 heterocycles. The van der Waals surface area contributed by atoms with E-state index in [1.165, 1.54) is 12.1 Å². The average molecular weight is 324 g/mol. The van der Waals surface area contributed by atoms with Gasteiger partial charge in [0, 0.05) is 22.3 Å². The Morgan fingerprint density at radius 3 is 2.74 bits per heavy atom. The van der Waals surface area contributed by atoms with Gasteiger partial charge in [0.1, 0.15) is 0 Å². The van der Waals surface area contributed by atoms with Crippen LogP contribution in [-0.2, 0) is 0 Å². The second-order valence-electron chi connectivity index (χ2n) is 3.88. The van der Waals surface area contributed by atoms with Gasteiger partial charge in [-0.15, -0.1) is 0 Å². The van der Waals surface area contributed by atoms with Gasteiger partial charge in [-0.1, -0.05) is 15.9 Å². The summed E-state index contributed by atoms with van der Waals surface area (Å²) in [5, 5.41) is 23.1. The molecule has 98 valence electrons. The summed E-state index contributed by atoms with van der Waals surface area (Å²) in [6, 6.07) is 7.84. The zero-order valence-electron chi connectivity index (χ0n) is 9.92. The number of anilines is 2. The lowest BCUT2D eigenvalue weighted by molar-refractivity contribution is -0.384. The normalized spacial score (nSPS) is 10.2. The second-order valence-corrected chi connectivity index (χ2v) is 4.79. The summed E-state index contributed by atoms with van der Waals surface area (Å²) in [7, 11) is 0. The summed E-state index contributed by atoms with van der Waals surface area (Å²) >= 11 is 3.34. The van der Waals surface area contributed by atoms with E-state index >= 15 is 0 Å². The number of benzene rings is 1. The number of rotatable bonds is 3. The summed E-state index contributed by atoms with van der Waals surface area (Å²) in [5.74, 6) is -0.265. The van der Waals surface area contributed by atoms with Gasteiger partial charge >= 0.3 is 5.69 Å². The highest BCUT2D eigenvalue weighted by Crippen LogP contribution is 2.29. The van der Waals surface area contributed by atoms with Crippen molar-refractivity contribution in [1.82, 2.24) is 4.98 Å². The Labute approximate surface area is 117 Å². The van der Waals surface area contributed by atoms with Gasteiger partial charge in [0.2, 0.25) is 11.7 Å². The molecule has 0 bridgehead atoms. The third-order valence-electron chi connectivity index (χ3n) is 2.50. The van der Waals surface area contributed by atoms with Crippen LogP contribution < -0.4 is 5.32 Å². The van der Waals surface area contributed by atoms with Gasteiger partial charge in [0.25, 0.3) is 0 Å². The highest BCUT2D eigenvalue weighted by molar-refractivity contribution is 9.10. The molecule has 0 radical (unpaired) electrons. The van der Waals surface area contributed by atoms with Crippen molar-refractivity contribution in [3.63, 3.8) is 0 Å². The molecule has 0 saturated heterocycles. The van der Waals surface area contributed by atoms with Crippen molar-refractivity contribution in [2.75, 3.05) is 5.32 Å². The fraction of sp³-hybridized carbons (Fsp3) is 0.0833. The minimum absolute atomic E-state index is 0.00965. The minimum Gasteiger partial charge on any atom is -0.493 e. The largest absolute Gasteiger partial charge is 0.493 e. The zero-order chi connectivity index (χ0) is 14.0. The van der Waals surface area contributed by atoms with Crippen molar-refractivity contribution < 1.29 is 10.0 Å². The second kappa shape index (κ2) is 5.23. The summed E-state index contributed by atoms with van der Waals surface area (Å²) in [6.45, 7) is 1.86. The Morgan fingerprint density at radius 2 is 2.11 bits per heavy atom. The number of nitro groups is 1. The van der Waals surface area contributed by atoms with Crippen LogP contribution >= 0.6 is 15.9 Å². The van der Waals surface area contributed by atoms with Crippen molar-refractivity contribution in [2.24, 2.45) is 0 Å². The van der Waals surface area contributed by atoms with Gasteiger partial charge in [-0.3, -0.25) is 10.1 Å². The van der Waals surface area contributed by atoms with Crippen LogP contribution in [0.1, 0.15) is 5.56 Å². The van der Waals surface area contributed by atoms with E-state index in [0.29, 0.717) is 5.69 Å². The Bertz CT molecular complexity index is 646. The predicted molar refractivity (Wildman–Crippen MR) is 74.7 cm³/mol. The number of nitrogens with zero attached hydrogens (tertiary/aromatic N) is 2. The molecule has 0 aliphatic rings. The van der Waals surface area contributed by atoms with Crippen LogP contribution in [0.3, 0.4) is 0 Å². The third kappa shape index (κ3) is 3.00. The molecule has 0 aliphatic heterocycles. The Hall–Kier alpha value is -2.15.